The van der Waals surface area contributed by atoms with Crippen molar-refractivity contribution in [3.05, 3.63) is 54.0 Å². The van der Waals surface area contributed by atoms with E-state index in [0.29, 0.717) is 45.2 Å². The normalized spacial score (nSPS) is 18.8. The molecule has 1 atom stereocenters. The van der Waals surface area contributed by atoms with E-state index in [-0.39, 0.29) is 16.8 Å². The highest BCUT2D eigenvalue weighted by atomic mass is 32.2. The molecule has 2 heterocycles. The molecule has 8 heteroatoms. The van der Waals surface area contributed by atoms with Crippen molar-refractivity contribution in [3.63, 3.8) is 0 Å². The van der Waals surface area contributed by atoms with Crippen LogP contribution in [0.4, 0.5) is 0 Å². The van der Waals surface area contributed by atoms with Crippen molar-refractivity contribution in [2.24, 2.45) is 0 Å². The molecule has 0 spiro atoms. The number of benzene rings is 1. The third kappa shape index (κ3) is 4.61. The number of nitrogens with zero attached hydrogens (tertiary/aromatic N) is 2. The Morgan fingerprint density at radius 2 is 1.87 bits per heavy atom. The molecule has 1 saturated heterocycles. The van der Waals surface area contributed by atoms with Gasteiger partial charge in [-0.3, -0.25) is 4.79 Å². The van der Waals surface area contributed by atoms with Crippen molar-refractivity contribution in [2.45, 2.75) is 49.6 Å². The molecule has 4 rings (SSSR count). The van der Waals surface area contributed by atoms with Gasteiger partial charge in [0.1, 0.15) is 5.76 Å². The van der Waals surface area contributed by atoms with E-state index in [2.05, 4.69) is 0 Å². The van der Waals surface area contributed by atoms with Gasteiger partial charge in [-0.25, -0.2) is 8.42 Å². The van der Waals surface area contributed by atoms with Gasteiger partial charge in [0.25, 0.3) is 0 Å². The predicted molar refractivity (Wildman–Crippen MR) is 111 cm³/mol. The van der Waals surface area contributed by atoms with Crippen LogP contribution < -0.4 is 0 Å². The fourth-order valence-electron chi connectivity index (χ4n) is 3.90. The SMILES string of the molecule is CC(c1ccco1)N(C(=O)CCc1ccc(S(=O)(=O)N2CCOCC2)cc1)C1CC1. The monoisotopic (exact) mass is 432 g/mol. The van der Waals surface area contributed by atoms with Gasteiger partial charge in [-0.05, 0) is 56.0 Å². The summed E-state index contributed by atoms with van der Waals surface area (Å²) in [5.41, 5.74) is 0.950. The van der Waals surface area contributed by atoms with Crippen LogP contribution in [-0.4, -0.2) is 55.9 Å². The van der Waals surface area contributed by atoms with E-state index in [1.54, 1.807) is 30.5 Å². The summed E-state index contributed by atoms with van der Waals surface area (Å²) in [6, 6.07) is 10.8. The average molecular weight is 433 g/mol. The van der Waals surface area contributed by atoms with E-state index in [1.165, 1.54) is 4.31 Å². The molecule has 30 heavy (non-hydrogen) atoms. The maximum Gasteiger partial charge on any atom is 0.243 e. The van der Waals surface area contributed by atoms with Crippen LogP contribution in [0.3, 0.4) is 0 Å². The molecule has 0 radical (unpaired) electrons. The molecule has 2 fully saturated rings. The van der Waals surface area contributed by atoms with Crippen LogP contribution in [0.5, 0.6) is 0 Å². The van der Waals surface area contributed by atoms with Crippen LogP contribution in [0.2, 0.25) is 0 Å². The Kier molecular flexibility index (Phi) is 6.26. The van der Waals surface area contributed by atoms with Crippen LogP contribution in [0.25, 0.3) is 0 Å². The zero-order valence-electron chi connectivity index (χ0n) is 17.2. The Morgan fingerprint density at radius 3 is 2.47 bits per heavy atom. The molecule has 1 aliphatic carbocycles. The summed E-state index contributed by atoms with van der Waals surface area (Å²) in [6.07, 6.45) is 4.66. The van der Waals surface area contributed by atoms with Crippen LogP contribution in [0, 0.1) is 0 Å². The summed E-state index contributed by atoms with van der Waals surface area (Å²) in [7, 11) is -3.50. The lowest BCUT2D eigenvalue weighted by Crippen LogP contribution is -2.40. The molecule has 162 valence electrons. The van der Waals surface area contributed by atoms with E-state index in [4.69, 9.17) is 9.15 Å². The Hall–Kier alpha value is -2.16. The van der Waals surface area contributed by atoms with Crippen LogP contribution >= 0.6 is 0 Å². The maximum atomic E-state index is 12.9. The topological polar surface area (TPSA) is 80.1 Å². The van der Waals surface area contributed by atoms with E-state index in [1.807, 2.05) is 24.0 Å². The van der Waals surface area contributed by atoms with E-state index < -0.39 is 10.0 Å². The van der Waals surface area contributed by atoms with Crippen molar-refractivity contribution >= 4 is 15.9 Å². The lowest BCUT2D eigenvalue weighted by atomic mass is 10.1. The second-order valence-electron chi connectivity index (χ2n) is 7.88. The van der Waals surface area contributed by atoms with Crippen molar-refractivity contribution in [2.75, 3.05) is 26.3 Å². The molecular weight excluding hydrogens is 404 g/mol. The summed E-state index contributed by atoms with van der Waals surface area (Å²) in [6.45, 7) is 3.61. The molecule has 0 N–H and O–H groups in total. The number of aryl methyl sites for hydroxylation is 1. The van der Waals surface area contributed by atoms with Gasteiger partial charge in [-0.2, -0.15) is 4.31 Å². The van der Waals surface area contributed by atoms with E-state index >= 15 is 0 Å². The third-order valence-electron chi connectivity index (χ3n) is 5.76. The Labute approximate surface area is 177 Å². The van der Waals surface area contributed by atoms with Crippen molar-refractivity contribution in [1.82, 2.24) is 9.21 Å². The number of sulfonamides is 1. The molecule has 1 saturated carbocycles. The summed E-state index contributed by atoms with van der Waals surface area (Å²) < 4.78 is 37.6. The summed E-state index contributed by atoms with van der Waals surface area (Å²) in [4.78, 5) is 15.2. The third-order valence-corrected chi connectivity index (χ3v) is 7.67. The van der Waals surface area contributed by atoms with Crippen LogP contribution in [-0.2, 0) is 26.0 Å². The second-order valence-corrected chi connectivity index (χ2v) is 9.82. The Balaban J connectivity index is 1.38. The smallest absolute Gasteiger partial charge is 0.243 e. The minimum absolute atomic E-state index is 0.0824. The average Bonchev–Trinajstić information content (AvgIpc) is 3.44. The first-order valence-electron chi connectivity index (χ1n) is 10.5. The fraction of sp³-hybridized carbons (Fsp3) is 0.500. The molecular formula is C22H28N2O5S. The summed E-state index contributed by atoms with van der Waals surface area (Å²) in [5, 5.41) is 0. The second kappa shape index (κ2) is 8.91. The molecule has 1 amide bonds. The first kappa shape index (κ1) is 21.1. The number of carbonyl (C=O) groups excluding carboxylic acids is 1. The van der Waals surface area contributed by atoms with Gasteiger partial charge >= 0.3 is 0 Å². The van der Waals surface area contributed by atoms with Gasteiger partial charge in [-0.15, -0.1) is 0 Å². The number of hydrogen-bond donors (Lipinski definition) is 0. The minimum atomic E-state index is -3.50. The molecule has 7 nitrogen and oxygen atoms in total. The number of furan rings is 1. The lowest BCUT2D eigenvalue weighted by molar-refractivity contribution is -0.134. The molecule has 1 aromatic heterocycles. The molecule has 0 bridgehead atoms. The summed E-state index contributed by atoms with van der Waals surface area (Å²) >= 11 is 0. The Bertz CT molecular complexity index is 946. The van der Waals surface area contributed by atoms with Gasteiger partial charge in [0.2, 0.25) is 15.9 Å². The van der Waals surface area contributed by atoms with Crippen molar-refractivity contribution in [3.8, 4) is 0 Å². The first-order valence-corrected chi connectivity index (χ1v) is 11.9. The van der Waals surface area contributed by atoms with E-state index in [9.17, 15) is 13.2 Å². The molecule has 1 aromatic carbocycles. The number of hydrogen-bond acceptors (Lipinski definition) is 5. The quantitative estimate of drug-likeness (QED) is 0.641. The number of amides is 1. The highest BCUT2D eigenvalue weighted by molar-refractivity contribution is 7.89. The molecule has 1 aliphatic heterocycles. The number of ether oxygens (including phenoxy) is 1. The van der Waals surface area contributed by atoms with Gasteiger partial charge < -0.3 is 14.1 Å². The van der Waals surface area contributed by atoms with E-state index in [0.717, 1.165) is 24.2 Å². The molecule has 2 aliphatic rings. The number of morpholine rings is 1. The standard InChI is InChI=1S/C22H28N2O5S/c1-17(21-3-2-14-29-21)24(19-7-8-19)22(25)11-6-18-4-9-20(10-5-18)30(26,27)23-12-15-28-16-13-23/h2-5,9-10,14,17,19H,6-8,11-13,15-16H2,1H3. The van der Waals surface area contributed by atoms with Crippen molar-refractivity contribution in [1.29, 1.82) is 0 Å². The largest absolute Gasteiger partial charge is 0.467 e. The van der Waals surface area contributed by atoms with Crippen molar-refractivity contribution < 1.29 is 22.4 Å². The lowest BCUT2D eigenvalue weighted by Gasteiger charge is -2.28. The fourth-order valence-corrected chi connectivity index (χ4v) is 5.31. The van der Waals surface area contributed by atoms with Gasteiger partial charge in [-0.1, -0.05) is 12.1 Å². The highest BCUT2D eigenvalue weighted by Crippen LogP contribution is 2.35. The van der Waals surface area contributed by atoms with Gasteiger partial charge in [0, 0.05) is 25.6 Å². The van der Waals surface area contributed by atoms with Gasteiger partial charge in [0.15, 0.2) is 0 Å². The highest BCUT2D eigenvalue weighted by Gasteiger charge is 2.36. The number of rotatable bonds is 8. The minimum Gasteiger partial charge on any atom is -0.467 e. The zero-order chi connectivity index (χ0) is 21.1. The first-order chi connectivity index (χ1) is 14.5. The summed E-state index contributed by atoms with van der Waals surface area (Å²) in [5.74, 6) is 0.902. The van der Waals surface area contributed by atoms with Crippen LogP contribution in [0.1, 0.15) is 43.6 Å². The van der Waals surface area contributed by atoms with Crippen LogP contribution in [0.15, 0.2) is 52.0 Å². The predicted octanol–water partition coefficient (Wildman–Crippen LogP) is 2.99. The maximum absolute atomic E-state index is 12.9. The van der Waals surface area contributed by atoms with Gasteiger partial charge in [0.05, 0.1) is 30.4 Å². The Morgan fingerprint density at radius 1 is 1.17 bits per heavy atom. The zero-order valence-corrected chi connectivity index (χ0v) is 18.0. The molecule has 2 aromatic rings. The number of carbonyl (C=O) groups is 1. The molecule has 1 unspecified atom stereocenters.